The number of hydrogen-bond acceptors (Lipinski definition) is 2. The van der Waals surface area contributed by atoms with Crippen LogP contribution in [0.15, 0.2) is 30.3 Å². The lowest BCUT2D eigenvalue weighted by molar-refractivity contribution is -0.144. The summed E-state index contributed by atoms with van der Waals surface area (Å²) < 4.78 is 5.96. The van der Waals surface area contributed by atoms with Crippen LogP contribution >= 0.6 is 0 Å². The molecule has 4 atom stereocenters. The number of carbonyl (C=O) groups is 1. The molecule has 1 aromatic rings. The molecule has 3 rings (SSSR count). The molecule has 2 fully saturated rings. The minimum Gasteiger partial charge on any atom is -0.365 e. The summed E-state index contributed by atoms with van der Waals surface area (Å²) in [6.07, 6.45) is 6.31. The Hall–Kier alpha value is -1.35. The summed E-state index contributed by atoms with van der Waals surface area (Å²) in [6.45, 7) is 5.26. The van der Waals surface area contributed by atoms with Crippen molar-refractivity contribution in [3.05, 3.63) is 35.9 Å². The van der Waals surface area contributed by atoms with Gasteiger partial charge >= 0.3 is 0 Å². The SMILES string of the molecule is CC[C@@H]1CC[C@H](C(=O)N2CCC[C@H]2[C@H](CC)c2ccccc2)O1. The quantitative estimate of drug-likeness (QED) is 0.817. The van der Waals surface area contributed by atoms with Gasteiger partial charge < -0.3 is 9.64 Å². The maximum atomic E-state index is 13.0. The molecule has 2 heterocycles. The van der Waals surface area contributed by atoms with Crippen LogP contribution in [0.25, 0.3) is 0 Å². The van der Waals surface area contributed by atoms with E-state index in [1.165, 1.54) is 5.56 Å². The first-order valence-electron chi connectivity index (χ1n) is 9.25. The van der Waals surface area contributed by atoms with Gasteiger partial charge in [-0.2, -0.15) is 0 Å². The van der Waals surface area contributed by atoms with Crippen molar-refractivity contribution in [3.8, 4) is 0 Å². The van der Waals surface area contributed by atoms with Crippen LogP contribution in [0.2, 0.25) is 0 Å². The summed E-state index contributed by atoms with van der Waals surface area (Å²) in [5, 5.41) is 0. The molecule has 3 nitrogen and oxygen atoms in total. The van der Waals surface area contributed by atoms with E-state index < -0.39 is 0 Å². The molecule has 0 unspecified atom stereocenters. The number of benzene rings is 1. The molecule has 23 heavy (non-hydrogen) atoms. The summed E-state index contributed by atoms with van der Waals surface area (Å²) in [5.41, 5.74) is 1.36. The third-order valence-electron chi connectivity index (χ3n) is 5.55. The average Bonchev–Trinajstić information content (AvgIpc) is 3.25. The molecule has 0 saturated carbocycles. The lowest BCUT2D eigenvalue weighted by atomic mass is 9.87. The maximum Gasteiger partial charge on any atom is 0.251 e. The van der Waals surface area contributed by atoms with Crippen molar-refractivity contribution in [3.63, 3.8) is 0 Å². The summed E-state index contributed by atoms with van der Waals surface area (Å²) in [6, 6.07) is 11.0. The van der Waals surface area contributed by atoms with Gasteiger partial charge in [-0.25, -0.2) is 0 Å². The van der Waals surface area contributed by atoms with E-state index in [-0.39, 0.29) is 18.1 Å². The van der Waals surface area contributed by atoms with Gasteiger partial charge in [0.1, 0.15) is 6.10 Å². The van der Waals surface area contributed by atoms with Crippen LogP contribution in [0.1, 0.15) is 63.9 Å². The van der Waals surface area contributed by atoms with Crippen LogP contribution in [0.4, 0.5) is 0 Å². The van der Waals surface area contributed by atoms with E-state index in [9.17, 15) is 4.79 Å². The van der Waals surface area contributed by atoms with E-state index >= 15 is 0 Å². The molecule has 2 aliphatic heterocycles. The number of rotatable bonds is 5. The number of carbonyl (C=O) groups excluding carboxylic acids is 1. The second-order valence-electron chi connectivity index (χ2n) is 6.90. The molecule has 0 radical (unpaired) electrons. The fourth-order valence-electron chi connectivity index (χ4n) is 4.29. The molecule has 0 bridgehead atoms. The van der Waals surface area contributed by atoms with Gasteiger partial charge in [0.05, 0.1) is 6.10 Å². The van der Waals surface area contributed by atoms with Crippen LogP contribution in [-0.2, 0) is 9.53 Å². The highest BCUT2D eigenvalue weighted by atomic mass is 16.5. The molecule has 2 saturated heterocycles. The van der Waals surface area contributed by atoms with Gasteiger partial charge in [-0.1, -0.05) is 44.2 Å². The summed E-state index contributed by atoms with van der Waals surface area (Å²) >= 11 is 0. The average molecular weight is 315 g/mol. The normalized spacial score (nSPS) is 29.0. The van der Waals surface area contributed by atoms with Gasteiger partial charge in [0.25, 0.3) is 5.91 Å². The lowest BCUT2D eigenvalue weighted by Crippen LogP contribution is -2.44. The Bertz CT molecular complexity index is 516. The first kappa shape index (κ1) is 16.5. The van der Waals surface area contributed by atoms with Gasteiger partial charge in [0, 0.05) is 18.5 Å². The molecule has 126 valence electrons. The fourth-order valence-corrected chi connectivity index (χ4v) is 4.29. The van der Waals surface area contributed by atoms with Crippen molar-refractivity contribution in [1.29, 1.82) is 0 Å². The monoisotopic (exact) mass is 315 g/mol. The van der Waals surface area contributed by atoms with E-state index in [0.29, 0.717) is 12.0 Å². The van der Waals surface area contributed by atoms with Crippen molar-refractivity contribution < 1.29 is 9.53 Å². The van der Waals surface area contributed by atoms with Gasteiger partial charge in [0.15, 0.2) is 0 Å². The minimum atomic E-state index is -0.200. The van der Waals surface area contributed by atoms with Crippen molar-refractivity contribution >= 4 is 5.91 Å². The Kier molecular flexibility index (Phi) is 5.37. The number of likely N-dealkylation sites (tertiary alicyclic amines) is 1. The van der Waals surface area contributed by atoms with Crippen molar-refractivity contribution in [1.82, 2.24) is 4.90 Å². The Morgan fingerprint density at radius 2 is 2.00 bits per heavy atom. The molecule has 0 spiro atoms. The summed E-state index contributed by atoms with van der Waals surface area (Å²) in [5.74, 6) is 0.670. The zero-order chi connectivity index (χ0) is 16.2. The summed E-state index contributed by atoms with van der Waals surface area (Å²) in [7, 11) is 0. The predicted molar refractivity (Wildman–Crippen MR) is 92.4 cm³/mol. The van der Waals surface area contributed by atoms with Gasteiger partial charge in [-0.15, -0.1) is 0 Å². The van der Waals surface area contributed by atoms with Crippen LogP contribution in [0, 0.1) is 0 Å². The Morgan fingerprint density at radius 3 is 2.65 bits per heavy atom. The lowest BCUT2D eigenvalue weighted by Gasteiger charge is -2.33. The molecule has 2 aliphatic rings. The molecule has 0 aliphatic carbocycles. The largest absolute Gasteiger partial charge is 0.365 e. The number of amides is 1. The maximum absolute atomic E-state index is 13.0. The summed E-state index contributed by atoms with van der Waals surface area (Å²) in [4.78, 5) is 15.1. The predicted octanol–water partition coefficient (Wildman–Crippen LogP) is 4.13. The van der Waals surface area contributed by atoms with Crippen LogP contribution in [0.5, 0.6) is 0 Å². The first-order valence-corrected chi connectivity index (χ1v) is 9.25. The highest BCUT2D eigenvalue weighted by molar-refractivity contribution is 5.82. The standard InChI is InChI=1S/C20H29NO2/c1-3-16-12-13-19(23-16)20(22)21-14-8-11-18(21)17(4-2)15-9-6-5-7-10-15/h5-7,9-10,16-19H,3-4,8,11-14H2,1-2H3/t16-,17-,18+,19-/m1/s1. The Morgan fingerprint density at radius 1 is 1.22 bits per heavy atom. The highest BCUT2D eigenvalue weighted by Crippen LogP contribution is 2.35. The molecule has 0 N–H and O–H groups in total. The third kappa shape index (κ3) is 3.45. The number of nitrogens with zero attached hydrogens (tertiary/aromatic N) is 1. The second-order valence-corrected chi connectivity index (χ2v) is 6.90. The van der Waals surface area contributed by atoms with Gasteiger partial charge in [0.2, 0.25) is 0 Å². The van der Waals surface area contributed by atoms with Crippen molar-refractivity contribution in [2.75, 3.05) is 6.54 Å². The van der Waals surface area contributed by atoms with E-state index in [2.05, 4.69) is 49.1 Å². The third-order valence-corrected chi connectivity index (χ3v) is 5.55. The molecule has 0 aromatic heterocycles. The zero-order valence-corrected chi connectivity index (χ0v) is 14.4. The Labute approximate surface area is 140 Å². The van der Waals surface area contributed by atoms with Crippen LogP contribution < -0.4 is 0 Å². The zero-order valence-electron chi connectivity index (χ0n) is 14.4. The second kappa shape index (κ2) is 7.48. The topological polar surface area (TPSA) is 29.5 Å². The van der Waals surface area contributed by atoms with Gasteiger partial charge in [-0.05, 0) is 44.1 Å². The fraction of sp³-hybridized carbons (Fsp3) is 0.650. The Balaban J connectivity index is 1.73. The smallest absolute Gasteiger partial charge is 0.251 e. The van der Waals surface area contributed by atoms with Crippen LogP contribution in [-0.4, -0.2) is 35.6 Å². The first-order chi connectivity index (χ1) is 11.2. The molecular formula is C20H29NO2. The molecule has 1 amide bonds. The molecule has 1 aromatic carbocycles. The van der Waals surface area contributed by atoms with E-state index in [1.807, 2.05) is 0 Å². The number of ether oxygens (including phenoxy) is 1. The van der Waals surface area contributed by atoms with Crippen LogP contribution in [0.3, 0.4) is 0 Å². The van der Waals surface area contributed by atoms with Crippen molar-refractivity contribution in [2.45, 2.75) is 76.5 Å². The van der Waals surface area contributed by atoms with Crippen molar-refractivity contribution in [2.24, 2.45) is 0 Å². The van der Waals surface area contributed by atoms with E-state index in [4.69, 9.17) is 4.74 Å². The van der Waals surface area contributed by atoms with E-state index in [1.54, 1.807) is 0 Å². The molecule has 3 heteroatoms. The van der Waals surface area contributed by atoms with Gasteiger partial charge in [-0.3, -0.25) is 4.79 Å². The molecular weight excluding hydrogens is 286 g/mol. The number of hydrogen-bond donors (Lipinski definition) is 0. The minimum absolute atomic E-state index is 0.200. The van der Waals surface area contributed by atoms with E-state index in [0.717, 1.165) is 45.1 Å². The highest BCUT2D eigenvalue weighted by Gasteiger charge is 2.40.